The van der Waals surface area contributed by atoms with Crippen LogP contribution < -0.4 is 25.6 Å². The topological polar surface area (TPSA) is 107 Å². The van der Waals surface area contributed by atoms with Crippen molar-refractivity contribution in [1.29, 1.82) is 0 Å². The number of hydrogen-bond donors (Lipinski definition) is 1. The van der Waals surface area contributed by atoms with Crippen LogP contribution in [-0.4, -0.2) is 20.6 Å². The first-order chi connectivity index (χ1) is 15.8. The molecule has 2 N–H and O–H groups in total. The molecule has 0 spiro atoms. The lowest BCUT2D eigenvalue weighted by molar-refractivity contribution is 0.232. The molecule has 0 amide bonds. The lowest BCUT2D eigenvalue weighted by atomic mass is 9.96. The molecule has 3 aromatic rings. The lowest BCUT2D eigenvalue weighted by Gasteiger charge is -2.33. The van der Waals surface area contributed by atoms with Crippen molar-refractivity contribution in [3.63, 3.8) is 0 Å². The Morgan fingerprint density at radius 1 is 1.03 bits per heavy atom. The summed E-state index contributed by atoms with van der Waals surface area (Å²) in [5.74, 6) is -0.808. The number of benzene rings is 2. The molecule has 2 unspecified atom stereocenters. The number of halogens is 3. The van der Waals surface area contributed by atoms with Crippen LogP contribution in [-0.2, 0) is 10.0 Å². The molecule has 0 aliphatic heterocycles. The van der Waals surface area contributed by atoms with Crippen LogP contribution in [0.2, 0.25) is 10.0 Å². The van der Waals surface area contributed by atoms with Crippen LogP contribution in [0, 0.1) is 5.82 Å². The molecular weight excluding hydrogens is 506 g/mol. The summed E-state index contributed by atoms with van der Waals surface area (Å²) in [5.41, 5.74) is 4.59. The molecule has 3 rings (SSSR count). The van der Waals surface area contributed by atoms with Crippen molar-refractivity contribution in [2.24, 2.45) is 5.73 Å². The maximum atomic E-state index is 14.1. The van der Waals surface area contributed by atoms with Gasteiger partial charge in [-0.2, -0.15) is 0 Å². The minimum atomic E-state index is -4.26. The van der Waals surface area contributed by atoms with E-state index in [1.54, 1.807) is 20.8 Å². The molecule has 0 saturated carbocycles. The summed E-state index contributed by atoms with van der Waals surface area (Å²) < 4.78 is 47.7. The maximum absolute atomic E-state index is 14.1. The highest BCUT2D eigenvalue weighted by atomic mass is 35.5. The van der Waals surface area contributed by atoms with Crippen molar-refractivity contribution < 1.29 is 17.5 Å². The van der Waals surface area contributed by atoms with Gasteiger partial charge in [-0.05, 0) is 69.7 Å². The van der Waals surface area contributed by atoms with E-state index in [0.29, 0.717) is 5.02 Å². The number of anilines is 1. The lowest BCUT2D eigenvalue weighted by Crippen LogP contribution is -2.44. The highest BCUT2D eigenvalue weighted by molar-refractivity contribution is 7.92. The smallest absolute Gasteiger partial charge is 0.268 e. The third-order valence-corrected chi connectivity index (χ3v) is 7.65. The average molecular weight is 529 g/mol. The van der Waals surface area contributed by atoms with E-state index >= 15 is 0 Å². The Hall–Kier alpha value is -2.46. The van der Waals surface area contributed by atoms with Gasteiger partial charge < -0.3 is 10.5 Å². The van der Waals surface area contributed by atoms with E-state index < -0.39 is 38.8 Å². The summed E-state index contributed by atoms with van der Waals surface area (Å²) in [6.07, 6.45) is -0.446. The minimum absolute atomic E-state index is 0.000250. The summed E-state index contributed by atoms with van der Waals surface area (Å²) in [7, 11) is -4.26. The van der Waals surface area contributed by atoms with Crippen LogP contribution in [0.25, 0.3) is 0 Å². The first-order valence-electron chi connectivity index (χ1n) is 10.3. The molecule has 0 aliphatic rings. The highest BCUT2D eigenvalue weighted by Gasteiger charge is 2.35. The van der Waals surface area contributed by atoms with Crippen molar-refractivity contribution in [3.05, 3.63) is 84.3 Å². The minimum Gasteiger partial charge on any atom is -0.486 e. The molecular formula is C23H23Cl2FN2O5S. The van der Waals surface area contributed by atoms with Crippen LogP contribution in [0.15, 0.2) is 56.9 Å². The molecule has 0 fully saturated rings. The molecule has 0 radical (unpaired) electrons. The summed E-state index contributed by atoms with van der Waals surface area (Å²) >= 11 is 12.2. The molecule has 0 saturated heterocycles. The molecule has 11 heteroatoms. The van der Waals surface area contributed by atoms with E-state index in [0.717, 1.165) is 16.4 Å². The summed E-state index contributed by atoms with van der Waals surface area (Å²) in [6.45, 7) is 4.94. The van der Waals surface area contributed by atoms with Gasteiger partial charge in [0.25, 0.3) is 15.5 Å². The van der Waals surface area contributed by atoms with Crippen LogP contribution >= 0.6 is 23.2 Å². The number of nitrogens with zero attached hydrogens (tertiary/aromatic N) is 1. The second-order valence-electron chi connectivity index (χ2n) is 8.11. The molecule has 2 atom stereocenters. The quantitative estimate of drug-likeness (QED) is 0.417. The molecule has 0 aliphatic carbocycles. The summed E-state index contributed by atoms with van der Waals surface area (Å²) in [6, 6.07) is 6.90. The van der Waals surface area contributed by atoms with Crippen LogP contribution in [0.1, 0.15) is 38.8 Å². The number of rotatable bonds is 9. The normalized spacial score (nSPS) is 13.8. The van der Waals surface area contributed by atoms with E-state index in [-0.39, 0.29) is 39.4 Å². The van der Waals surface area contributed by atoms with Gasteiger partial charge in [-0.25, -0.2) is 12.8 Å². The molecule has 182 valence electrons. The zero-order chi connectivity index (χ0) is 25.4. The Kier molecular flexibility index (Phi) is 7.72. The van der Waals surface area contributed by atoms with Crippen LogP contribution in [0.3, 0.4) is 0 Å². The van der Waals surface area contributed by atoms with Crippen molar-refractivity contribution in [3.8, 4) is 5.75 Å². The van der Waals surface area contributed by atoms with Gasteiger partial charge in [0.05, 0.1) is 27.3 Å². The second kappa shape index (κ2) is 10.0. The number of sulfonamides is 1. The van der Waals surface area contributed by atoms with Crippen LogP contribution in [0.5, 0.6) is 5.75 Å². The predicted octanol–water partition coefficient (Wildman–Crippen LogP) is 4.19. The SMILES string of the molecule is CC(C)Oc1c(C(N)CC(C)N(c2cc(F)ccc2Cl)S(=O)(=O)c2ccc(Cl)cc2)c(=O)c1=O. The van der Waals surface area contributed by atoms with Crippen LogP contribution in [0.4, 0.5) is 10.1 Å². The first-order valence-corrected chi connectivity index (χ1v) is 12.5. The van der Waals surface area contributed by atoms with Gasteiger partial charge in [-0.15, -0.1) is 0 Å². The molecule has 0 bridgehead atoms. The van der Waals surface area contributed by atoms with Crippen molar-refractivity contribution in [2.75, 3.05) is 4.31 Å². The van der Waals surface area contributed by atoms with E-state index in [4.69, 9.17) is 33.7 Å². The van der Waals surface area contributed by atoms with E-state index in [2.05, 4.69) is 0 Å². The fourth-order valence-electron chi connectivity index (χ4n) is 3.64. The zero-order valence-electron chi connectivity index (χ0n) is 18.6. The molecule has 7 nitrogen and oxygen atoms in total. The molecule has 34 heavy (non-hydrogen) atoms. The van der Waals surface area contributed by atoms with Crippen molar-refractivity contribution >= 4 is 38.9 Å². The van der Waals surface area contributed by atoms with Crippen molar-refractivity contribution in [1.82, 2.24) is 0 Å². The summed E-state index contributed by atoms with van der Waals surface area (Å²) in [5, 5.41) is 0.333. The third-order valence-electron chi connectivity index (χ3n) is 5.14. The largest absolute Gasteiger partial charge is 0.486 e. The molecule has 0 heterocycles. The zero-order valence-corrected chi connectivity index (χ0v) is 20.9. The van der Waals surface area contributed by atoms with E-state index in [9.17, 15) is 22.4 Å². The Morgan fingerprint density at radius 3 is 2.24 bits per heavy atom. The summed E-state index contributed by atoms with van der Waals surface area (Å²) in [4.78, 5) is 24.0. The van der Waals surface area contributed by atoms with Gasteiger partial charge in [0.2, 0.25) is 5.43 Å². The van der Waals surface area contributed by atoms with Gasteiger partial charge in [-0.3, -0.25) is 13.9 Å². The van der Waals surface area contributed by atoms with Gasteiger partial charge in [0.1, 0.15) is 5.82 Å². The van der Waals surface area contributed by atoms with E-state index in [1.165, 1.54) is 30.3 Å². The number of nitrogens with two attached hydrogens (primary N) is 1. The van der Waals surface area contributed by atoms with Crippen molar-refractivity contribution in [2.45, 2.75) is 50.3 Å². The highest BCUT2D eigenvalue weighted by Crippen LogP contribution is 2.36. The Labute approximate surface area is 206 Å². The predicted molar refractivity (Wildman–Crippen MR) is 131 cm³/mol. The fraction of sp³-hybridized carbons (Fsp3) is 0.304. The standard InChI is InChI=1S/C23H23Cl2FN2O5S/c1-12(2)33-23-20(21(29)22(23)30)18(27)10-13(3)28(19-11-15(26)6-9-17(19)25)34(31,32)16-7-4-14(24)5-8-16/h4-9,11-13,18H,10,27H2,1-3H3. The Bertz CT molecular complexity index is 1370. The average Bonchev–Trinajstić information content (AvgIpc) is 2.75. The first kappa shape index (κ1) is 26.2. The number of hydrogen-bond acceptors (Lipinski definition) is 6. The molecule has 3 aromatic carbocycles. The second-order valence-corrected chi connectivity index (χ2v) is 10.8. The van der Waals surface area contributed by atoms with Gasteiger partial charge in [-0.1, -0.05) is 23.2 Å². The van der Waals surface area contributed by atoms with Gasteiger partial charge in [0.15, 0.2) is 5.75 Å². The van der Waals surface area contributed by atoms with E-state index in [1.807, 2.05) is 0 Å². The van der Waals surface area contributed by atoms with Gasteiger partial charge in [0, 0.05) is 17.1 Å². The molecule has 0 aromatic heterocycles. The monoisotopic (exact) mass is 528 g/mol. The third kappa shape index (κ3) is 5.12. The number of ether oxygens (including phenoxy) is 1. The van der Waals surface area contributed by atoms with Gasteiger partial charge >= 0.3 is 0 Å². The maximum Gasteiger partial charge on any atom is 0.268 e. The Balaban J connectivity index is 2.05. The fourth-order valence-corrected chi connectivity index (χ4v) is 5.70. The Morgan fingerprint density at radius 2 is 1.65 bits per heavy atom.